The van der Waals surface area contributed by atoms with Gasteiger partial charge in [-0.15, -0.1) is 11.3 Å². The first-order valence-electron chi connectivity index (χ1n) is 5.40. The first-order valence-corrected chi connectivity index (χ1v) is 6.22. The van der Waals surface area contributed by atoms with Gasteiger partial charge >= 0.3 is 5.97 Å². The second-order valence-electron chi connectivity index (χ2n) is 4.01. The Morgan fingerprint density at radius 1 is 1.39 bits per heavy atom. The lowest BCUT2D eigenvalue weighted by molar-refractivity contribution is 0.0700. The first-order chi connectivity index (χ1) is 8.66. The lowest BCUT2D eigenvalue weighted by atomic mass is 10.1. The van der Waals surface area contributed by atoms with E-state index < -0.39 is 5.97 Å². The fraction of sp³-hybridized carbons (Fsp3) is 0.0769. The van der Waals surface area contributed by atoms with Crippen LogP contribution in [-0.4, -0.2) is 20.9 Å². The Morgan fingerprint density at radius 2 is 2.17 bits per heavy atom. The minimum absolute atomic E-state index is 0.364. The zero-order chi connectivity index (χ0) is 12.7. The highest BCUT2D eigenvalue weighted by Crippen LogP contribution is 2.38. The van der Waals surface area contributed by atoms with Gasteiger partial charge in [0.25, 0.3) is 0 Å². The second-order valence-corrected chi connectivity index (χ2v) is 5.06. The number of fused-ring (bicyclic) bond motifs is 1. The van der Waals surface area contributed by atoms with Crippen LogP contribution < -0.4 is 0 Å². The van der Waals surface area contributed by atoms with Crippen molar-refractivity contribution in [1.29, 1.82) is 0 Å². The molecule has 90 valence electrons. The van der Waals surface area contributed by atoms with Crippen molar-refractivity contribution in [3.63, 3.8) is 0 Å². The summed E-state index contributed by atoms with van der Waals surface area (Å²) in [4.78, 5) is 12.2. The second kappa shape index (κ2) is 3.96. The van der Waals surface area contributed by atoms with Crippen molar-refractivity contribution in [2.45, 2.75) is 0 Å². The summed E-state index contributed by atoms with van der Waals surface area (Å²) in [5.74, 6) is -0.897. The Kier molecular flexibility index (Phi) is 2.41. The molecular formula is C13H10N2O2S. The van der Waals surface area contributed by atoms with Crippen LogP contribution in [0.1, 0.15) is 10.4 Å². The molecule has 0 aliphatic rings. The monoisotopic (exact) mass is 258 g/mol. The fourth-order valence-corrected chi connectivity index (χ4v) is 3.17. The number of carbonyl (C=O) groups is 1. The molecule has 0 aliphatic heterocycles. The van der Waals surface area contributed by atoms with E-state index in [2.05, 4.69) is 5.10 Å². The molecule has 0 unspecified atom stereocenters. The number of nitrogens with zero attached hydrogens (tertiary/aromatic N) is 2. The van der Waals surface area contributed by atoms with Crippen molar-refractivity contribution in [2.24, 2.45) is 7.05 Å². The van der Waals surface area contributed by atoms with Gasteiger partial charge in [-0.1, -0.05) is 18.2 Å². The van der Waals surface area contributed by atoms with E-state index in [1.54, 1.807) is 10.9 Å². The standard InChI is InChI=1S/C13H10N2O2S/c1-15-7-8(6-14-15)12-11(13(16)17)9-4-2-3-5-10(9)18-12/h2-7H,1H3,(H,16,17). The summed E-state index contributed by atoms with van der Waals surface area (Å²) in [6.07, 6.45) is 3.52. The molecule has 3 aromatic rings. The topological polar surface area (TPSA) is 55.1 Å². The number of aromatic nitrogens is 2. The molecule has 0 spiro atoms. The van der Waals surface area contributed by atoms with Crippen LogP contribution in [0.2, 0.25) is 0 Å². The third-order valence-electron chi connectivity index (χ3n) is 2.78. The lowest BCUT2D eigenvalue weighted by Gasteiger charge is -1.96. The maximum absolute atomic E-state index is 11.5. The van der Waals surface area contributed by atoms with Crippen LogP contribution in [0.4, 0.5) is 0 Å². The third kappa shape index (κ3) is 1.60. The van der Waals surface area contributed by atoms with E-state index >= 15 is 0 Å². The molecule has 0 saturated heterocycles. The number of aromatic carboxylic acids is 1. The third-order valence-corrected chi connectivity index (χ3v) is 4.00. The average molecular weight is 258 g/mol. The van der Waals surface area contributed by atoms with Crippen LogP contribution in [0.15, 0.2) is 36.7 Å². The van der Waals surface area contributed by atoms with Gasteiger partial charge in [0, 0.05) is 28.9 Å². The van der Waals surface area contributed by atoms with Crippen LogP contribution >= 0.6 is 11.3 Å². The van der Waals surface area contributed by atoms with E-state index in [9.17, 15) is 9.90 Å². The van der Waals surface area contributed by atoms with Gasteiger partial charge in [0.05, 0.1) is 16.6 Å². The molecule has 0 atom stereocenters. The fourth-order valence-electron chi connectivity index (χ4n) is 2.00. The van der Waals surface area contributed by atoms with E-state index in [0.29, 0.717) is 5.56 Å². The van der Waals surface area contributed by atoms with Gasteiger partial charge in [-0.2, -0.15) is 5.10 Å². The molecule has 0 aliphatic carbocycles. The van der Waals surface area contributed by atoms with E-state index in [1.165, 1.54) is 11.3 Å². The normalized spacial score (nSPS) is 10.9. The number of rotatable bonds is 2. The SMILES string of the molecule is Cn1cc(-c2sc3ccccc3c2C(=O)O)cn1. The summed E-state index contributed by atoms with van der Waals surface area (Å²) in [7, 11) is 1.82. The molecule has 4 nitrogen and oxygen atoms in total. The van der Waals surface area contributed by atoms with Crippen molar-refractivity contribution in [3.05, 3.63) is 42.2 Å². The zero-order valence-corrected chi connectivity index (χ0v) is 10.4. The van der Waals surface area contributed by atoms with Gasteiger partial charge in [0.15, 0.2) is 0 Å². The summed E-state index contributed by atoms with van der Waals surface area (Å²) in [5.41, 5.74) is 1.21. The number of benzene rings is 1. The summed E-state index contributed by atoms with van der Waals surface area (Å²) in [5, 5.41) is 14.3. The number of thiophene rings is 1. The van der Waals surface area contributed by atoms with Crippen molar-refractivity contribution in [2.75, 3.05) is 0 Å². The van der Waals surface area contributed by atoms with Crippen molar-refractivity contribution >= 4 is 27.4 Å². The smallest absolute Gasteiger partial charge is 0.337 e. The van der Waals surface area contributed by atoms with Crippen LogP contribution in [0.25, 0.3) is 20.5 Å². The van der Waals surface area contributed by atoms with Gasteiger partial charge < -0.3 is 5.11 Å². The van der Waals surface area contributed by atoms with E-state index in [-0.39, 0.29) is 0 Å². The number of hydrogen-bond acceptors (Lipinski definition) is 3. The van der Waals surface area contributed by atoms with Gasteiger partial charge in [-0.05, 0) is 6.07 Å². The average Bonchev–Trinajstić information content (AvgIpc) is 2.91. The summed E-state index contributed by atoms with van der Waals surface area (Å²) in [6, 6.07) is 7.55. The van der Waals surface area contributed by atoms with Crippen molar-refractivity contribution < 1.29 is 9.90 Å². The predicted molar refractivity (Wildman–Crippen MR) is 71.0 cm³/mol. The molecule has 1 N–H and O–H groups in total. The molecule has 5 heteroatoms. The molecule has 2 heterocycles. The molecule has 0 radical (unpaired) electrons. The van der Waals surface area contributed by atoms with Crippen LogP contribution in [0, 0.1) is 0 Å². The van der Waals surface area contributed by atoms with Crippen molar-refractivity contribution in [1.82, 2.24) is 9.78 Å². The minimum Gasteiger partial charge on any atom is -0.478 e. The molecule has 1 aromatic carbocycles. The largest absolute Gasteiger partial charge is 0.478 e. The highest BCUT2D eigenvalue weighted by Gasteiger charge is 2.19. The Hall–Kier alpha value is -2.14. The number of carboxylic acid groups (broad SMARTS) is 1. The van der Waals surface area contributed by atoms with Crippen LogP contribution in [0.5, 0.6) is 0 Å². The van der Waals surface area contributed by atoms with Gasteiger partial charge in [-0.3, -0.25) is 4.68 Å². The summed E-state index contributed by atoms with van der Waals surface area (Å²) in [6.45, 7) is 0. The molecule has 2 aromatic heterocycles. The first kappa shape index (κ1) is 11.0. The molecule has 3 rings (SSSR count). The highest BCUT2D eigenvalue weighted by molar-refractivity contribution is 7.22. The van der Waals surface area contributed by atoms with Gasteiger partial charge in [0.1, 0.15) is 0 Å². The molecule has 0 saturated carbocycles. The molecule has 0 amide bonds. The maximum Gasteiger partial charge on any atom is 0.337 e. The lowest BCUT2D eigenvalue weighted by Crippen LogP contribution is -1.96. The summed E-state index contributed by atoms with van der Waals surface area (Å²) >= 11 is 1.48. The van der Waals surface area contributed by atoms with Crippen LogP contribution in [0.3, 0.4) is 0 Å². The molecular weight excluding hydrogens is 248 g/mol. The van der Waals surface area contributed by atoms with E-state index in [1.807, 2.05) is 37.5 Å². The predicted octanol–water partition coefficient (Wildman–Crippen LogP) is 3.00. The van der Waals surface area contributed by atoms with Gasteiger partial charge in [0.2, 0.25) is 0 Å². The van der Waals surface area contributed by atoms with Gasteiger partial charge in [-0.25, -0.2) is 4.79 Å². The minimum atomic E-state index is -0.897. The summed E-state index contributed by atoms with van der Waals surface area (Å²) < 4.78 is 2.65. The quantitative estimate of drug-likeness (QED) is 0.768. The Morgan fingerprint density at radius 3 is 2.83 bits per heavy atom. The Balaban J connectivity index is 2.34. The molecule has 0 fully saturated rings. The Bertz CT molecular complexity index is 742. The molecule has 18 heavy (non-hydrogen) atoms. The number of aryl methyl sites for hydroxylation is 1. The van der Waals surface area contributed by atoms with Crippen molar-refractivity contribution in [3.8, 4) is 10.4 Å². The highest BCUT2D eigenvalue weighted by atomic mass is 32.1. The molecule has 0 bridgehead atoms. The van der Waals surface area contributed by atoms with E-state index in [4.69, 9.17) is 0 Å². The number of carboxylic acids is 1. The Labute approximate surface area is 107 Å². The zero-order valence-electron chi connectivity index (χ0n) is 9.62. The maximum atomic E-state index is 11.5. The van der Waals surface area contributed by atoms with Crippen LogP contribution in [-0.2, 0) is 7.05 Å². The van der Waals surface area contributed by atoms with E-state index in [0.717, 1.165) is 20.5 Å². The number of hydrogen-bond donors (Lipinski definition) is 1.